The molecule has 5 heteroatoms. The molecule has 0 unspecified atom stereocenters. The number of nitrogens with zero attached hydrogens (tertiary/aromatic N) is 2. The Kier molecular flexibility index (Phi) is 5.36. The Bertz CT molecular complexity index is 627. The molecule has 0 saturated carbocycles. The Hall–Kier alpha value is -1.78. The van der Waals surface area contributed by atoms with Crippen molar-refractivity contribution in [1.29, 1.82) is 0 Å². The van der Waals surface area contributed by atoms with Crippen LogP contribution in [0.2, 0.25) is 5.02 Å². The molecule has 122 valence electrons. The number of aliphatic hydroxyl groups excluding tert-OH is 1. The van der Waals surface area contributed by atoms with E-state index in [-0.39, 0.29) is 0 Å². The van der Waals surface area contributed by atoms with Crippen LogP contribution < -0.4 is 10.2 Å². The summed E-state index contributed by atoms with van der Waals surface area (Å²) < 4.78 is 0. The maximum atomic E-state index is 9.29. The smallest absolute Gasteiger partial charge is 0.0603 e. The van der Waals surface area contributed by atoms with Gasteiger partial charge in [-0.25, -0.2) is 0 Å². The van der Waals surface area contributed by atoms with Gasteiger partial charge in [-0.1, -0.05) is 17.7 Å². The molecule has 0 atom stereocenters. The summed E-state index contributed by atoms with van der Waals surface area (Å²) in [4.78, 5) is 6.71. The fourth-order valence-electron chi connectivity index (χ4n) is 2.97. The minimum absolute atomic E-state index is 0.291. The highest BCUT2D eigenvalue weighted by atomic mass is 35.5. The van der Waals surface area contributed by atoms with Crippen LogP contribution in [0.15, 0.2) is 42.6 Å². The van der Waals surface area contributed by atoms with Crippen LogP contribution in [0.5, 0.6) is 0 Å². The molecule has 0 radical (unpaired) electrons. The van der Waals surface area contributed by atoms with Gasteiger partial charge in [0.2, 0.25) is 0 Å². The molecule has 1 aliphatic heterocycles. The standard InChI is InChI=1S/C18H22ClN3O/c19-15-4-5-18(22-9-6-14(13-23)7-10-22)17(11-15)21-12-16-3-1-2-8-20-16/h1-5,8,11,14,21,23H,6-7,9-10,12-13H2. The quantitative estimate of drug-likeness (QED) is 0.879. The van der Waals surface area contributed by atoms with Crippen molar-refractivity contribution in [3.8, 4) is 0 Å². The minimum Gasteiger partial charge on any atom is -0.396 e. The summed E-state index contributed by atoms with van der Waals surface area (Å²) in [7, 11) is 0. The lowest BCUT2D eigenvalue weighted by molar-refractivity contribution is 0.203. The first-order chi connectivity index (χ1) is 11.3. The number of halogens is 1. The van der Waals surface area contributed by atoms with E-state index in [1.165, 1.54) is 5.69 Å². The predicted octanol–water partition coefficient (Wildman–Crippen LogP) is 3.56. The van der Waals surface area contributed by atoms with E-state index in [1.807, 2.05) is 30.3 Å². The van der Waals surface area contributed by atoms with Gasteiger partial charge < -0.3 is 15.3 Å². The molecule has 3 rings (SSSR count). The van der Waals surface area contributed by atoms with Gasteiger partial charge in [-0.15, -0.1) is 0 Å². The molecule has 0 bridgehead atoms. The first kappa shape index (κ1) is 16.1. The molecule has 1 fully saturated rings. The molecule has 2 N–H and O–H groups in total. The zero-order valence-corrected chi connectivity index (χ0v) is 13.8. The van der Waals surface area contributed by atoms with Crippen molar-refractivity contribution < 1.29 is 5.11 Å². The van der Waals surface area contributed by atoms with Crippen molar-refractivity contribution in [3.05, 3.63) is 53.3 Å². The molecule has 23 heavy (non-hydrogen) atoms. The molecule has 1 aromatic heterocycles. The van der Waals surface area contributed by atoms with E-state index in [2.05, 4.69) is 21.3 Å². The monoisotopic (exact) mass is 331 g/mol. The van der Waals surface area contributed by atoms with Crippen molar-refractivity contribution in [2.24, 2.45) is 5.92 Å². The zero-order chi connectivity index (χ0) is 16.1. The highest BCUT2D eigenvalue weighted by Crippen LogP contribution is 2.32. The van der Waals surface area contributed by atoms with Gasteiger partial charge >= 0.3 is 0 Å². The summed E-state index contributed by atoms with van der Waals surface area (Å²) in [5, 5.41) is 13.5. The Morgan fingerprint density at radius 3 is 2.74 bits per heavy atom. The SMILES string of the molecule is OCC1CCN(c2ccc(Cl)cc2NCc2ccccn2)CC1. The van der Waals surface area contributed by atoms with Crippen molar-refractivity contribution in [2.45, 2.75) is 19.4 Å². The predicted molar refractivity (Wildman–Crippen MR) is 95.0 cm³/mol. The molecule has 1 saturated heterocycles. The van der Waals surface area contributed by atoms with Crippen LogP contribution in [-0.4, -0.2) is 29.8 Å². The van der Waals surface area contributed by atoms with Gasteiger partial charge in [0.15, 0.2) is 0 Å². The Balaban J connectivity index is 1.73. The first-order valence-electron chi connectivity index (χ1n) is 8.05. The Morgan fingerprint density at radius 1 is 1.22 bits per heavy atom. The van der Waals surface area contributed by atoms with Gasteiger partial charge in [0.05, 0.1) is 23.6 Å². The van der Waals surface area contributed by atoms with Crippen molar-refractivity contribution in [1.82, 2.24) is 4.98 Å². The minimum atomic E-state index is 0.291. The van der Waals surface area contributed by atoms with Crippen LogP contribution in [0, 0.1) is 5.92 Å². The highest BCUT2D eigenvalue weighted by Gasteiger charge is 2.20. The number of pyridine rings is 1. The molecule has 0 aliphatic carbocycles. The van der Waals surface area contributed by atoms with Gasteiger partial charge in [-0.2, -0.15) is 0 Å². The summed E-state index contributed by atoms with van der Waals surface area (Å²) in [5.74, 6) is 0.434. The van der Waals surface area contributed by atoms with E-state index >= 15 is 0 Å². The first-order valence-corrected chi connectivity index (χ1v) is 8.43. The third kappa shape index (κ3) is 4.15. The van der Waals surface area contributed by atoms with Crippen LogP contribution >= 0.6 is 11.6 Å². The van der Waals surface area contributed by atoms with Crippen LogP contribution in [0.1, 0.15) is 18.5 Å². The number of hydrogen-bond acceptors (Lipinski definition) is 4. The lowest BCUT2D eigenvalue weighted by Crippen LogP contribution is -2.35. The van der Waals surface area contributed by atoms with E-state index in [0.29, 0.717) is 19.1 Å². The maximum absolute atomic E-state index is 9.29. The van der Waals surface area contributed by atoms with E-state index in [4.69, 9.17) is 11.6 Å². The summed E-state index contributed by atoms with van der Waals surface area (Å²) in [6.07, 6.45) is 3.85. The lowest BCUT2D eigenvalue weighted by Gasteiger charge is -2.34. The van der Waals surface area contributed by atoms with Gasteiger partial charge in [-0.3, -0.25) is 4.98 Å². The van der Waals surface area contributed by atoms with E-state index in [1.54, 1.807) is 6.20 Å². The number of hydrogen-bond donors (Lipinski definition) is 2. The molecule has 1 aliphatic rings. The third-order valence-electron chi connectivity index (χ3n) is 4.36. The molecule has 0 amide bonds. The fraction of sp³-hybridized carbons (Fsp3) is 0.389. The van der Waals surface area contributed by atoms with Gasteiger partial charge in [0.1, 0.15) is 0 Å². The second kappa shape index (κ2) is 7.66. The summed E-state index contributed by atoms with van der Waals surface area (Å²) in [6.45, 7) is 2.89. The number of benzene rings is 1. The van der Waals surface area contributed by atoms with Crippen molar-refractivity contribution in [2.75, 3.05) is 29.9 Å². The van der Waals surface area contributed by atoms with Gasteiger partial charge in [-0.05, 0) is 49.1 Å². The number of anilines is 2. The number of aliphatic hydroxyl groups is 1. The summed E-state index contributed by atoms with van der Waals surface area (Å²) in [6, 6.07) is 11.9. The second-order valence-electron chi connectivity index (χ2n) is 5.95. The molecular weight excluding hydrogens is 310 g/mol. The fourth-order valence-corrected chi connectivity index (χ4v) is 3.14. The highest BCUT2D eigenvalue weighted by molar-refractivity contribution is 6.31. The lowest BCUT2D eigenvalue weighted by atomic mass is 9.97. The maximum Gasteiger partial charge on any atom is 0.0603 e. The molecule has 2 heterocycles. The average molecular weight is 332 g/mol. The number of rotatable bonds is 5. The second-order valence-corrected chi connectivity index (χ2v) is 6.39. The van der Waals surface area contributed by atoms with E-state index in [0.717, 1.165) is 42.3 Å². The van der Waals surface area contributed by atoms with Crippen LogP contribution in [0.25, 0.3) is 0 Å². The van der Waals surface area contributed by atoms with Crippen molar-refractivity contribution in [3.63, 3.8) is 0 Å². The number of aromatic nitrogens is 1. The third-order valence-corrected chi connectivity index (χ3v) is 4.59. The van der Waals surface area contributed by atoms with Crippen molar-refractivity contribution >= 4 is 23.0 Å². The summed E-state index contributed by atoms with van der Waals surface area (Å²) in [5.41, 5.74) is 3.20. The average Bonchev–Trinajstić information content (AvgIpc) is 2.61. The Morgan fingerprint density at radius 2 is 2.04 bits per heavy atom. The molecule has 4 nitrogen and oxygen atoms in total. The largest absolute Gasteiger partial charge is 0.396 e. The van der Waals surface area contributed by atoms with E-state index in [9.17, 15) is 5.11 Å². The van der Waals surface area contributed by atoms with Crippen LogP contribution in [0.3, 0.4) is 0 Å². The molecular formula is C18H22ClN3O. The normalized spacial score (nSPS) is 15.7. The van der Waals surface area contributed by atoms with Crippen LogP contribution in [-0.2, 0) is 6.54 Å². The van der Waals surface area contributed by atoms with Gasteiger partial charge in [0.25, 0.3) is 0 Å². The zero-order valence-electron chi connectivity index (χ0n) is 13.1. The topological polar surface area (TPSA) is 48.4 Å². The molecule has 1 aromatic carbocycles. The number of nitrogens with one attached hydrogen (secondary N) is 1. The van der Waals surface area contributed by atoms with E-state index < -0.39 is 0 Å². The van der Waals surface area contributed by atoms with Gasteiger partial charge in [0, 0.05) is 30.9 Å². The molecule has 0 spiro atoms. The Labute approximate surface area is 142 Å². The van der Waals surface area contributed by atoms with Crippen LogP contribution in [0.4, 0.5) is 11.4 Å². The molecule has 2 aromatic rings. The number of piperidine rings is 1. The summed E-state index contributed by atoms with van der Waals surface area (Å²) >= 11 is 6.18.